The van der Waals surface area contributed by atoms with Gasteiger partial charge >= 0.3 is 5.97 Å². The number of carbonyl (C=O) groups is 1. The number of hydrogen-bond acceptors (Lipinski definition) is 6. The molecule has 1 heterocycles. The van der Waals surface area contributed by atoms with Crippen molar-refractivity contribution < 1.29 is 23.8 Å². The Bertz CT molecular complexity index is 384. The minimum Gasteiger partial charge on any atom is -0.462 e. The molecule has 6 heteroatoms. The van der Waals surface area contributed by atoms with Crippen LogP contribution in [0.2, 0.25) is 0 Å². The normalized spacial score (nSPS) is 32.2. The van der Waals surface area contributed by atoms with Crippen LogP contribution in [-0.4, -0.2) is 44.9 Å². The van der Waals surface area contributed by atoms with Crippen LogP contribution in [0.1, 0.15) is 33.1 Å². The number of hydrogen-bond donors (Lipinski definition) is 0. The lowest BCUT2D eigenvalue weighted by atomic mass is 9.68. The van der Waals surface area contributed by atoms with E-state index in [-0.39, 0.29) is 36.8 Å². The van der Waals surface area contributed by atoms with Gasteiger partial charge in [0.2, 0.25) is 0 Å². The SMILES string of the molecule is COCOC[C@@]1(C)CCCC2C1=NOC2COC(C)=O. The molecule has 0 aromatic rings. The molecule has 1 saturated carbocycles. The van der Waals surface area contributed by atoms with E-state index >= 15 is 0 Å². The van der Waals surface area contributed by atoms with Gasteiger partial charge in [0.15, 0.2) is 6.10 Å². The summed E-state index contributed by atoms with van der Waals surface area (Å²) in [5, 5.41) is 4.25. The van der Waals surface area contributed by atoms with E-state index in [1.54, 1.807) is 7.11 Å². The van der Waals surface area contributed by atoms with E-state index < -0.39 is 0 Å². The summed E-state index contributed by atoms with van der Waals surface area (Å²) in [7, 11) is 1.61. The molecule has 0 bridgehead atoms. The van der Waals surface area contributed by atoms with Crippen LogP contribution in [0, 0.1) is 11.3 Å². The Hall–Kier alpha value is -1.14. The van der Waals surface area contributed by atoms with Crippen molar-refractivity contribution in [2.75, 3.05) is 27.1 Å². The Morgan fingerprint density at radius 3 is 3.05 bits per heavy atom. The van der Waals surface area contributed by atoms with Crippen molar-refractivity contribution in [2.45, 2.75) is 39.2 Å². The van der Waals surface area contributed by atoms with Crippen LogP contribution in [-0.2, 0) is 23.8 Å². The molecule has 2 unspecified atom stereocenters. The van der Waals surface area contributed by atoms with Gasteiger partial charge in [0.1, 0.15) is 13.4 Å². The Labute approximate surface area is 119 Å². The molecule has 114 valence electrons. The fraction of sp³-hybridized carbons (Fsp3) is 0.857. The molecule has 0 spiro atoms. The minimum absolute atomic E-state index is 0.119. The first kappa shape index (κ1) is 15.3. The van der Waals surface area contributed by atoms with Crippen molar-refractivity contribution in [1.29, 1.82) is 0 Å². The van der Waals surface area contributed by atoms with Gasteiger partial charge in [-0.15, -0.1) is 0 Å². The lowest BCUT2D eigenvalue weighted by molar-refractivity contribution is -0.145. The molecule has 0 radical (unpaired) electrons. The van der Waals surface area contributed by atoms with Gasteiger partial charge in [-0.2, -0.15) is 0 Å². The van der Waals surface area contributed by atoms with Crippen molar-refractivity contribution in [3.8, 4) is 0 Å². The molecule has 6 nitrogen and oxygen atoms in total. The lowest BCUT2D eigenvalue weighted by Crippen LogP contribution is -2.43. The number of ether oxygens (including phenoxy) is 3. The van der Waals surface area contributed by atoms with Gasteiger partial charge in [0, 0.05) is 25.4 Å². The smallest absolute Gasteiger partial charge is 0.302 e. The Morgan fingerprint density at radius 1 is 1.55 bits per heavy atom. The summed E-state index contributed by atoms with van der Waals surface area (Å²) in [6, 6.07) is 0. The summed E-state index contributed by atoms with van der Waals surface area (Å²) >= 11 is 0. The Morgan fingerprint density at radius 2 is 2.35 bits per heavy atom. The van der Waals surface area contributed by atoms with Crippen LogP contribution in [0.25, 0.3) is 0 Å². The first-order chi connectivity index (χ1) is 9.57. The first-order valence-corrected chi connectivity index (χ1v) is 7.01. The number of methoxy groups -OCH3 is 1. The predicted octanol–water partition coefficient (Wildman–Crippen LogP) is 1.73. The van der Waals surface area contributed by atoms with E-state index in [1.165, 1.54) is 6.92 Å². The highest BCUT2D eigenvalue weighted by Gasteiger charge is 2.47. The summed E-state index contributed by atoms with van der Waals surface area (Å²) in [5.41, 5.74) is 0.920. The standard InChI is InChI=1S/C14H23NO5/c1-10(16)19-7-12-11-5-4-6-14(2,8-18-9-17-3)13(11)15-20-12/h11-12H,4-9H2,1-3H3/t11?,12?,14-/m1/s1. The molecule has 20 heavy (non-hydrogen) atoms. The van der Waals surface area contributed by atoms with Crippen LogP contribution in [0.5, 0.6) is 0 Å². The highest BCUT2D eigenvalue weighted by Crippen LogP contribution is 2.42. The van der Waals surface area contributed by atoms with Gasteiger partial charge in [0.25, 0.3) is 0 Å². The predicted molar refractivity (Wildman–Crippen MR) is 72.2 cm³/mol. The summed E-state index contributed by atoms with van der Waals surface area (Å²) in [5.74, 6) is -0.0664. The molecule has 0 amide bonds. The first-order valence-electron chi connectivity index (χ1n) is 7.01. The van der Waals surface area contributed by atoms with E-state index in [1.807, 2.05) is 0 Å². The number of rotatable bonds is 6. The summed E-state index contributed by atoms with van der Waals surface area (Å²) in [6.07, 6.45) is 2.98. The highest BCUT2D eigenvalue weighted by molar-refractivity contribution is 5.93. The maximum absolute atomic E-state index is 10.9. The maximum Gasteiger partial charge on any atom is 0.302 e. The van der Waals surface area contributed by atoms with Gasteiger partial charge in [-0.05, 0) is 12.8 Å². The van der Waals surface area contributed by atoms with Crippen molar-refractivity contribution in [2.24, 2.45) is 16.5 Å². The van der Waals surface area contributed by atoms with Crippen LogP contribution in [0.4, 0.5) is 0 Å². The van der Waals surface area contributed by atoms with Crippen LogP contribution < -0.4 is 0 Å². The minimum atomic E-state index is -0.288. The fourth-order valence-electron chi connectivity index (χ4n) is 3.00. The Kier molecular flexibility index (Phi) is 4.99. The molecule has 0 N–H and O–H groups in total. The number of nitrogens with zero attached hydrogens (tertiary/aromatic N) is 1. The summed E-state index contributed by atoms with van der Waals surface area (Å²) < 4.78 is 15.5. The zero-order valence-electron chi connectivity index (χ0n) is 12.4. The molecule has 2 rings (SSSR count). The summed E-state index contributed by atoms with van der Waals surface area (Å²) in [6.45, 7) is 4.67. The largest absolute Gasteiger partial charge is 0.462 e. The zero-order chi connectivity index (χ0) is 14.6. The topological polar surface area (TPSA) is 66.3 Å². The second-order valence-electron chi connectivity index (χ2n) is 5.74. The van der Waals surface area contributed by atoms with E-state index in [0.717, 1.165) is 25.0 Å². The van der Waals surface area contributed by atoms with Crippen molar-refractivity contribution in [3.63, 3.8) is 0 Å². The van der Waals surface area contributed by atoms with E-state index in [2.05, 4.69) is 12.1 Å². The van der Waals surface area contributed by atoms with E-state index in [4.69, 9.17) is 19.0 Å². The fourth-order valence-corrected chi connectivity index (χ4v) is 3.00. The van der Waals surface area contributed by atoms with Gasteiger partial charge < -0.3 is 19.0 Å². The number of fused-ring (bicyclic) bond motifs is 1. The molecular formula is C14H23NO5. The lowest BCUT2D eigenvalue weighted by Gasteiger charge is -2.36. The average molecular weight is 285 g/mol. The number of carbonyl (C=O) groups excluding carboxylic acids is 1. The molecule has 1 aliphatic heterocycles. The van der Waals surface area contributed by atoms with Crippen molar-refractivity contribution in [1.82, 2.24) is 0 Å². The second-order valence-corrected chi connectivity index (χ2v) is 5.74. The van der Waals surface area contributed by atoms with Gasteiger partial charge in [-0.3, -0.25) is 4.79 Å². The van der Waals surface area contributed by atoms with Crippen LogP contribution >= 0.6 is 0 Å². The molecule has 3 atom stereocenters. The van der Waals surface area contributed by atoms with Gasteiger partial charge in [0.05, 0.1) is 12.3 Å². The van der Waals surface area contributed by atoms with Crippen LogP contribution in [0.3, 0.4) is 0 Å². The monoisotopic (exact) mass is 285 g/mol. The van der Waals surface area contributed by atoms with E-state index in [9.17, 15) is 4.79 Å². The molecule has 1 aliphatic carbocycles. The van der Waals surface area contributed by atoms with Gasteiger partial charge in [-0.25, -0.2) is 0 Å². The third kappa shape index (κ3) is 3.30. The quantitative estimate of drug-likeness (QED) is 0.422. The summed E-state index contributed by atoms with van der Waals surface area (Å²) in [4.78, 5) is 16.4. The molecule has 0 aromatic heterocycles. The van der Waals surface area contributed by atoms with E-state index in [0.29, 0.717) is 6.61 Å². The second kappa shape index (κ2) is 6.54. The number of esters is 1. The zero-order valence-corrected chi connectivity index (χ0v) is 12.4. The van der Waals surface area contributed by atoms with Crippen molar-refractivity contribution in [3.05, 3.63) is 0 Å². The molecule has 2 aliphatic rings. The molecule has 1 fully saturated rings. The van der Waals surface area contributed by atoms with Crippen molar-refractivity contribution >= 4 is 11.7 Å². The molecule has 0 saturated heterocycles. The third-order valence-electron chi connectivity index (χ3n) is 4.02. The molecular weight excluding hydrogens is 262 g/mol. The Balaban J connectivity index is 1.96. The van der Waals surface area contributed by atoms with Gasteiger partial charge in [-0.1, -0.05) is 18.5 Å². The van der Waals surface area contributed by atoms with Crippen LogP contribution in [0.15, 0.2) is 5.16 Å². The third-order valence-corrected chi connectivity index (χ3v) is 4.02. The maximum atomic E-state index is 10.9. The average Bonchev–Trinajstić information content (AvgIpc) is 2.82. The highest BCUT2D eigenvalue weighted by atomic mass is 16.7. The number of oxime groups is 1. The molecule has 0 aromatic carbocycles.